The Hall–Kier alpha value is -2.30. The van der Waals surface area contributed by atoms with E-state index in [1.54, 1.807) is 24.3 Å². The summed E-state index contributed by atoms with van der Waals surface area (Å²) < 4.78 is 11.3. The van der Waals surface area contributed by atoms with Crippen LogP contribution in [0, 0.1) is 5.92 Å². The van der Waals surface area contributed by atoms with Crippen molar-refractivity contribution in [3.05, 3.63) is 64.9 Å². The average molecular weight is 356 g/mol. The van der Waals surface area contributed by atoms with E-state index in [1.807, 2.05) is 24.3 Å². The van der Waals surface area contributed by atoms with Crippen LogP contribution in [-0.2, 0) is 11.3 Å². The molecular formula is C20H18ClNO3. The van der Waals surface area contributed by atoms with Gasteiger partial charge in [-0.3, -0.25) is 4.79 Å². The zero-order chi connectivity index (χ0) is 17.2. The maximum absolute atomic E-state index is 12.4. The van der Waals surface area contributed by atoms with Crippen LogP contribution in [0.3, 0.4) is 0 Å². The number of halogens is 1. The highest BCUT2D eigenvalue weighted by molar-refractivity contribution is 6.31. The lowest BCUT2D eigenvalue weighted by atomic mass is 10.2. The lowest BCUT2D eigenvalue weighted by Crippen LogP contribution is -2.11. The lowest BCUT2D eigenvalue weighted by Gasteiger charge is -2.07. The normalized spacial score (nSPS) is 14.0. The van der Waals surface area contributed by atoms with E-state index in [2.05, 4.69) is 5.32 Å². The van der Waals surface area contributed by atoms with Gasteiger partial charge >= 0.3 is 0 Å². The SMILES string of the molecule is O=C(Nc1cccc(COCC2CC2)c1)c1cc2cc(Cl)ccc2o1. The van der Waals surface area contributed by atoms with Crippen LogP contribution in [0.15, 0.2) is 52.9 Å². The number of rotatable bonds is 6. The molecule has 128 valence electrons. The number of nitrogens with one attached hydrogen (secondary N) is 1. The number of furan rings is 1. The Morgan fingerprint density at radius 1 is 1.20 bits per heavy atom. The third-order valence-corrected chi connectivity index (χ3v) is 4.44. The van der Waals surface area contributed by atoms with E-state index in [4.69, 9.17) is 20.8 Å². The van der Waals surface area contributed by atoms with E-state index in [0.717, 1.165) is 29.2 Å². The van der Waals surface area contributed by atoms with Gasteiger partial charge in [-0.2, -0.15) is 0 Å². The highest BCUT2D eigenvalue weighted by Crippen LogP contribution is 2.29. The minimum absolute atomic E-state index is 0.257. The molecule has 1 N–H and O–H groups in total. The molecule has 1 aliphatic rings. The second-order valence-electron chi connectivity index (χ2n) is 6.41. The molecule has 0 radical (unpaired) electrons. The molecule has 0 spiro atoms. The van der Waals surface area contributed by atoms with E-state index in [0.29, 0.717) is 17.2 Å². The molecule has 0 saturated heterocycles. The van der Waals surface area contributed by atoms with Crippen LogP contribution in [0.1, 0.15) is 29.0 Å². The van der Waals surface area contributed by atoms with Crippen molar-refractivity contribution < 1.29 is 13.9 Å². The van der Waals surface area contributed by atoms with Crippen LogP contribution in [0.5, 0.6) is 0 Å². The van der Waals surface area contributed by atoms with Gasteiger partial charge in [0.15, 0.2) is 5.76 Å². The molecular weight excluding hydrogens is 338 g/mol. The van der Waals surface area contributed by atoms with E-state index >= 15 is 0 Å². The largest absolute Gasteiger partial charge is 0.451 e. The first-order chi connectivity index (χ1) is 12.2. The molecule has 0 unspecified atom stereocenters. The summed E-state index contributed by atoms with van der Waals surface area (Å²) in [6, 6.07) is 14.6. The fourth-order valence-corrected chi connectivity index (χ4v) is 2.87. The molecule has 1 heterocycles. The standard InChI is InChI=1S/C20H18ClNO3/c21-16-6-7-18-15(9-16)10-19(25-18)20(23)22-17-3-1-2-14(8-17)12-24-11-13-4-5-13/h1-3,6-10,13H,4-5,11-12H2,(H,22,23). The molecule has 3 aromatic rings. The number of hydrogen-bond acceptors (Lipinski definition) is 3. The summed E-state index contributed by atoms with van der Waals surface area (Å²) in [6.45, 7) is 1.38. The van der Waals surface area contributed by atoms with Gasteiger partial charge in [-0.1, -0.05) is 23.7 Å². The molecule has 5 heteroatoms. The van der Waals surface area contributed by atoms with Gasteiger partial charge in [0.05, 0.1) is 6.61 Å². The molecule has 1 aromatic heterocycles. The number of anilines is 1. The summed E-state index contributed by atoms with van der Waals surface area (Å²) in [7, 11) is 0. The van der Waals surface area contributed by atoms with Gasteiger partial charge in [0.2, 0.25) is 0 Å². The number of benzene rings is 2. The van der Waals surface area contributed by atoms with Crippen LogP contribution in [0.25, 0.3) is 11.0 Å². The number of amides is 1. The first-order valence-corrected chi connectivity index (χ1v) is 8.72. The zero-order valence-electron chi connectivity index (χ0n) is 13.6. The van der Waals surface area contributed by atoms with Gasteiger partial charge in [0.1, 0.15) is 5.58 Å². The van der Waals surface area contributed by atoms with Gasteiger partial charge < -0.3 is 14.5 Å². The molecule has 1 saturated carbocycles. The van der Waals surface area contributed by atoms with Gasteiger partial charge in [-0.25, -0.2) is 0 Å². The Labute approximate surface area is 150 Å². The Kier molecular flexibility index (Phi) is 4.47. The fraction of sp³-hybridized carbons (Fsp3) is 0.250. The maximum atomic E-state index is 12.4. The van der Waals surface area contributed by atoms with Gasteiger partial charge in [0.25, 0.3) is 5.91 Å². The first-order valence-electron chi connectivity index (χ1n) is 8.34. The Balaban J connectivity index is 1.43. The molecule has 0 aliphatic heterocycles. The Morgan fingerprint density at radius 2 is 2.08 bits per heavy atom. The number of carbonyl (C=O) groups excluding carboxylic acids is 1. The highest BCUT2D eigenvalue weighted by Gasteiger charge is 2.21. The van der Waals surface area contributed by atoms with Gasteiger partial charge in [-0.15, -0.1) is 0 Å². The quantitative estimate of drug-likeness (QED) is 0.655. The fourth-order valence-electron chi connectivity index (χ4n) is 2.69. The second kappa shape index (κ2) is 6.90. The van der Waals surface area contributed by atoms with Crippen LogP contribution in [0.2, 0.25) is 5.02 Å². The summed E-state index contributed by atoms with van der Waals surface area (Å²) in [5.41, 5.74) is 2.39. The van der Waals surface area contributed by atoms with Crippen molar-refractivity contribution in [3.8, 4) is 0 Å². The van der Waals surface area contributed by atoms with E-state index in [9.17, 15) is 4.79 Å². The number of fused-ring (bicyclic) bond motifs is 1. The second-order valence-corrected chi connectivity index (χ2v) is 6.84. The number of hydrogen-bond donors (Lipinski definition) is 1. The van der Waals surface area contributed by atoms with Crippen LogP contribution in [-0.4, -0.2) is 12.5 Å². The molecule has 1 amide bonds. The molecule has 2 aromatic carbocycles. The zero-order valence-corrected chi connectivity index (χ0v) is 14.4. The van der Waals surface area contributed by atoms with Crippen molar-refractivity contribution in [3.63, 3.8) is 0 Å². The summed E-state index contributed by atoms with van der Waals surface area (Å²) in [4.78, 5) is 12.4. The Bertz CT molecular complexity index is 914. The van der Waals surface area contributed by atoms with Crippen LogP contribution in [0.4, 0.5) is 5.69 Å². The van der Waals surface area contributed by atoms with Crippen LogP contribution < -0.4 is 5.32 Å². The van der Waals surface area contributed by atoms with Crippen molar-refractivity contribution in [2.75, 3.05) is 11.9 Å². The molecule has 4 rings (SSSR count). The van der Waals surface area contributed by atoms with Crippen molar-refractivity contribution in [2.24, 2.45) is 5.92 Å². The smallest absolute Gasteiger partial charge is 0.291 e. The lowest BCUT2D eigenvalue weighted by molar-refractivity contribution is 0.0998. The van der Waals surface area contributed by atoms with Gasteiger partial charge in [-0.05, 0) is 60.7 Å². The van der Waals surface area contributed by atoms with Crippen molar-refractivity contribution in [1.29, 1.82) is 0 Å². The van der Waals surface area contributed by atoms with Crippen molar-refractivity contribution in [1.82, 2.24) is 0 Å². The average Bonchev–Trinajstić information content (AvgIpc) is 3.32. The monoisotopic (exact) mass is 355 g/mol. The summed E-state index contributed by atoms with van der Waals surface area (Å²) in [5, 5.41) is 4.28. The van der Waals surface area contributed by atoms with Gasteiger partial charge in [0, 0.05) is 22.7 Å². The molecule has 1 fully saturated rings. The number of carbonyl (C=O) groups is 1. The van der Waals surface area contributed by atoms with E-state index in [1.165, 1.54) is 12.8 Å². The third-order valence-electron chi connectivity index (χ3n) is 4.21. The first kappa shape index (κ1) is 16.2. The minimum Gasteiger partial charge on any atom is -0.451 e. The third kappa shape index (κ3) is 4.03. The molecule has 25 heavy (non-hydrogen) atoms. The number of ether oxygens (including phenoxy) is 1. The molecule has 4 nitrogen and oxygen atoms in total. The molecule has 0 atom stereocenters. The predicted octanol–water partition coefficient (Wildman–Crippen LogP) is 5.27. The maximum Gasteiger partial charge on any atom is 0.291 e. The topological polar surface area (TPSA) is 51.5 Å². The molecule has 0 bridgehead atoms. The minimum atomic E-state index is -0.289. The van der Waals surface area contributed by atoms with Crippen molar-refractivity contribution >= 4 is 34.2 Å². The van der Waals surface area contributed by atoms with E-state index < -0.39 is 0 Å². The highest BCUT2D eigenvalue weighted by atomic mass is 35.5. The summed E-state index contributed by atoms with van der Waals surface area (Å²) >= 11 is 5.97. The Morgan fingerprint density at radius 3 is 2.92 bits per heavy atom. The molecule has 1 aliphatic carbocycles. The predicted molar refractivity (Wildman–Crippen MR) is 98.0 cm³/mol. The summed E-state index contributed by atoms with van der Waals surface area (Å²) in [5.74, 6) is 0.709. The summed E-state index contributed by atoms with van der Waals surface area (Å²) in [6.07, 6.45) is 2.55. The van der Waals surface area contributed by atoms with E-state index in [-0.39, 0.29) is 11.7 Å². The van der Waals surface area contributed by atoms with Crippen molar-refractivity contribution in [2.45, 2.75) is 19.4 Å². The van der Waals surface area contributed by atoms with Crippen LogP contribution >= 0.6 is 11.6 Å².